The van der Waals surface area contributed by atoms with Crippen LogP contribution in [0.1, 0.15) is 38.8 Å². The fourth-order valence-corrected chi connectivity index (χ4v) is 3.20. The molecule has 2 N–H and O–H groups in total. The molecule has 36 heavy (non-hydrogen) atoms. The number of ether oxygens (including phenoxy) is 2. The second kappa shape index (κ2) is 16.6. The van der Waals surface area contributed by atoms with Gasteiger partial charge in [-0.05, 0) is 48.7 Å². The second-order valence-electron chi connectivity index (χ2n) is 9.09. The highest BCUT2D eigenvalue weighted by Crippen LogP contribution is 2.18. The van der Waals surface area contributed by atoms with Crippen LogP contribution in [0.15, 0.2) is 60.7 Å². The lowest BCUT2D eigenvalue weighted by atomic mass is 9.94. The van der Waals surface area contributed by atoms with Crippen LogP contribution >= 0.6 is 0 Å². The average Bonchev–Trinajstić information content (AvgIpc) is 2.79. The summed E-state index contributed by atoms with van der Waals surface area (Å²) in [5.41, 5.74) is 4.67. The Morgan fingerprint density at radius 3 is 1.50 bits per heavy atom. The maximum atomic E-state index is 11.0. The van der Waals surface area contributed by atoms with Crippen LogP contribution in [0.3, 0.4) is 0 Å². The van der Waals surface area contributed by atoms with Crippen LogP contribution in [0.5, 0.6) is 0 Å². The van der Waals surface area contributed by atoms with E-state index in [1.54, 1.807) is 14.2 Å². The Balaban J connectivity index is 0.000000384. The molecule has 0 unspecified atom stereocenters. The molecule has 0 aliphatic heterocycles. The summed E-state index contributed by atoms with van der Waals surface area (Å²) in [6.07, 6.45) is 0.806. The lowest BCUT2D eigenvalue weighted by Crippen LogP contribution is -2.33. The summed E-state index contributed by atoms with van der Waals surface area (Å²) < 4.78 is 10.2. The predicted molar refractivity (Wildman–Crippen MR) is 143 cm³/mol. The Morgan fingerprint density at radius 2 is 1.17 bits per heavy atom. The minimum atomic E-state index is -0.182. The van der Waals surface area contributed by atoms with Gasteiger partial charge in [-0.2, -0.15) is 0 Å². The number of carbonyl (C=O) groups excluding carboxylic acids is 2. The highest BCUT2D eigenvalue weighted by molar-refractivity contribution is 5.89. The standard InChI is InChI=1S/C17H18N2O2.C11H22O4/c1-12(20)18-16-7-3-14(4-8-16)11-15-5-9-17(10-6-15)19-13(2)21;1-10(2)6-14-15-9-11(3,7-12-4)8-13-5/h3-10H,11H2,1-2H3,(H,18,20)(H,19,21);1,6-9H2,2-5H3. The van der Waals surface area contributed by atoms with E-state index < -0.39 is 0 Å². The van der Waals surface area contributed by atoms with Gasteiger partial charge >= 0.3 is 0 Å². The zero-order valence-corrected chi connectivity index (χ0v) is 22.3. The molecule has 0 aromatic heterocycles. The summed E-state index contributed by atoms with van der Waals surface area (Å²) in [6.45, 7) is 12.6. The van der Waals surface area contributed by atoms with E-state index in [1.807, 2.05) is 62.4 Å². The molecule has 0 fully saturated rings. The number of benzene rings is 2. The Morgan fingerprint density at radius 1 is 0.750 bits per heavy atom. The van der Waals surface area contributed by atoms with Gasteiger partial charge in [-0.3, -0.25) is 9.59 Å². The molecular formula is C28H40N2O6. The molecule has 0 saturated heterocycles. The quantitative estimate of drug-likeness (QED) is 0.174. The van der Waals surface area contributed by atoms with Crippen LogP contribution in [0.4, 0.5) is 11.4 Å². The molecule has 0 heterocycles. The number of rotatable bonds is 13. The van der Waals surface area contributed by atoms with E-state index in [0.29, 0.717) is 26.4 Å². The molecule has 2 aromatic rings. The van der Waals surface area contributed by atoms with Crippen LogP contribution in [0.25, 0.3) is 0 Å². The van der Waals surface area contributed by atoms with E-state index in [-0.39, 0.29) is 17.2 Å². The SMILES string of the molecule is C=C(C)COOCC(C)(COC)COC.CC(=O)Nc1ccc(Cc2ccc(NC(C)=O)cc2)cc1. The van der Waals surface area contributed by atoms with E-state index in [1.165, 1.54) is 13.8 Å². The molecule has 0 bridgehead atoms. The normalized spacial score (nSPS) is 10.7. The van der Waals surface area contributed by atoms with E-state index in [0.717, 1.165) is 34.5 Å². The lowest BCUT2D eigenvalue weighted by Gasteiger charge is -2.26. The summed E-state index contributed by atoms with van der Waals surface area (Å²) in [4.78, 5) is 32.0. The number of methoxy groups -OCH3 is 2. The minimum Gasteiger partial charge on any atom is -0.384 e. The van der Waals surface area contributed by atoms with Crippen LogP contribution in [-0.2, 0) is 35.3 Å². The first-order valence-corrected chi connectivity index (χ1v) is 11.7. The van der Waals surface area contributed by atoms with Crippen molar-refractivity contribution in [3.05, 3.63) is 71.8 Å². The van der Waals surface area contributed by atoms with E-state index >= 15 is 0 Å². The van der Waals surface area contributed by atoms with Crippen molar-refractivity contribution in [3.63, 3.8) is 0 Å². The first kappa shape index (κ1) is 31.0. The highest BCUT2D eigenvalue weighted by Gasteiger charge is 2.25. The molecule has 8 heteroatoms. The average molecular weight is 501 g/mol. The molecule has 8 nitrogen and oxygen atoms in total. The largest absolute Gasteiger partial charge is 0.384 e. The van der Waals surface area contributed by atoms with Crippen molar-refractivity contribution in [2.75, 3.05) is 51.3 Å². The van der Waals surface area contributed by atoms with Crippen molar-refractivity contribution < 1.29 is 28.8 Å². The van der Waals surface area contributed by atoms with Gasteiger partial charge in [0.05, 0.1) is 19.8 Å². The third-order valence-electron chi connectivity index (χ3n) is 4.74. The van der Waals surface area contributed by atoms with E-state index in [4.69, 9.17) is 19.2 Å². The molecule has 0 atom stereocenters. The number of anilines is 2. The third kappa shape index (κ3) is 13.7. The fourth-order valence-electron chi connectivity index (χ4n) is 3.20. The van der Waals surface area contributed by atoms with Crippen molar-refractivity contribution in [1.82, 2.24) is 0 Å². The number of nitrogens with one attached hydrogen (secondary N) is 2. The Kier molecular flexibility index (Phi) is 14.3. The monoisotopic (exact) mass is 500 g/mol. The van der Waals surface area contributed by atoms with Gasteiger partial charge < -0.3 is 20.1 Å². The van der Waals surface area contributed by atoms with Gasteiger partial charge in [0.1, 0.15) is 6.61 Å². The van der Waals surface area contributed by atoms with E-state index in [9.17, 15) is 9.59 Å². The third-order valence-corrected chi connectivity index (χ3v) is 4.74. The van der Waals surface area contributed by atoms with Crippen LogP contribution in [0.2, 0.25) is 0 Å². The summed E-state index contributed by atoms with van der Waals surface area (Å²) >= 11 is 0. The topological polar surface area (TPSA) is 95.1 Å². The van der Waals surface area contributed by atoms with Crippen molar-refractivity contribution in [2.45, 2.75) is 34.1 Å². The second-order valence-corrected chi connectivity index (χ2v) is 9.09. The highest BCUT2D eigenvalue weighted by atomic mass is 17.2. The first-order valence-electron chi connectivity index (χ1n) is 11.7. The fraction of sp³-hybridized carbons (Fsp3) is 0.429. The summed E-state index contributed by atoms with van der Waals surface area (Å²) in [6, 6.07) is 15.5. The molecule has 0 spiro atoms. The Bertz CT molecular complexity index is 878. The first-order chi connectivity index (χ1) is 17.1. The van der Waals surface area contributed by atoms with Gasteiger partial charge in [0.2, 0.25) is 11.8 Å². The van der Waals surface area contributed by atoms with Crippen molar-refractivity contribution in [1.29, 1.82) is 0 Å². The van der Waals surface area contributed by atoms with Crippen LogP contribution < -0.4 is 10.6 Å². The molecule has 198 valence electrons. The summed E-state index contributed by atoms with van der Waals surface area (Å²) in [5.74, 6) is -0.146. The smallest absolute Gasteiger partial charge is 0.221 e. The molecule has 0 aliphatic rings. The summed E-state index contributed by atoms with van der Waals surface area (Å²) in [5, 5.41) is 5.48. The van der Waals surface area contributed by atoms with Gasteiger partial charge in [-0.1, -0.05) is 43.3 Å². The van der Waals surface area contributed by atoms with Crippen molar-refractivity contribution in [3.8, 4) is 0 Å². The number of hydrogen-bond acceptors (Lipinski definition) is 6. The molecule has 0 radical (unpaired) electrons. The Hall–Kier alpha value is -3.04. The number of amides is 2. The molecular weight excluding hydrogens is 460 g/mol. The van der Waals surface area contributed by atoms with Gasteiger partial charge in [0, 0.05) is 44.9 Å². The minimum absolute atomic E-state index is 0.0729. The number of hydrogen-bond donors (Lipinski definition) is 2. The van der Waals surface area contributed by atoms with Gasteiger partial charge in [-0.15, -0.1) is 0 Å². The predicted octanol–water partition coefficient (Wildman–Crippen LogP) is 5.00. The molecule has 0 saturated carbocycles. The van der Waals surface area contributed by atoms with Gasteiger partial charge in [0.15, 0.2) is 0 Å². The lowest BCUT2D eigenvalue weighted by molar-refractivity contribution is -0.307. The molecule has 0 aliphatic carbocycles. The molecule has 2 aromatic carbocycles. The van der Waals surface area contributed by atoms with Crippen molar-refractivity contribution >= 4 is 23.2 Å². The zero-order valence-electron chi connectivity index (χ0n) is 22.3. The van der Waals surface area contributed by atoms with E-state index in [2.05, 4.69) is 17.2 Å². The maximum absolute atomic E-state index is 11.0. The van der Waals surface area contributed by atoms with Gasteiger partial charge in [-0.25, -0.2) is 9.78 Å². The van der Waals surface area contributed by atoms with Crippen molar-refractivity contribution in [2.24, 2.45) is 5.41 Å². The van der Waals surface area contributed by atoms with Crippen LogP contribution in [-0.4, -0.2) is 52.5 Å². The Labute approximate surface area is 214 Å². The number of carbonyl (C=O) groups is 2. The molecule has 2 rings (SSSR count). The summed E-state index contributed by atoms with van der Waals surface area (Å²) in [7, 11) is 3.31. The zero-order chi connectivity index (χ0) is 27.0. The van der Waals surface area contributed by atoms with Gasteiger partial charge in [0.25, 0.3) is 0 Å². The maximum Gasteiger partial charge on any atom is 0.221 e. The molecule has 2 amide bonds. The van der Waals surface area contributed by atoms with Crippen LogP contribution in [0, 0.1) is 5.41 Å².